The molecule has 0 saturated heterocycles. The fraction of sp³-hybridized carbons (Fsp3) is 0.207. The molecule has 0 aliphatic carbocycles. The summed E-state index contributed by atoms with van der Waals surface area (Å²) in [6.45, 7) is 5.86. The van der Waals surface area contributed by atoms with Crippen molar-refractivity contribution in [2.24, 2.45) is 0 Å². The highest BCUT2D eigenvalue weighted by Gasteiger charge is 2.32. The van der Waals surface area contributed by atoms with Gasteiger partial charge in [0, 0.05) is 6.07 Å². The Morgan fingerprint density at radius 3 is 2.21 bits per heavy atom. The number of aryl methyl sites for hydroxylation is 1. The highest BCUT2D eigenvalue weighted by Crippen LogP contribution is 2.38. The molecule has 39 heavy (non-hydrogen) atoms. The van der Waals surface area contributed by atoms with E-state index in [-0.39, 0.29) is 18.1 Å². The zero-order chi connectivity index (χ0) is 28.7. The van der Waals surface area contributed by atoms with Gasteiger partial charge in [-0.3, -0.25) is 14.7 Å². The van der Waals surface area contributed by atoms with Crippen LogP contribution in [0.3, 0.4) is 0 Å². The average Bonchev–Trinajstić information content (AvgIpc) is 3.24. The number of amides is 1. The number of carbonyl (C=O) groups excluding carboxylic acids is 1. The number of alkyl halides is 3. The van der Waals surface area contributed by atoms with Gasteiger partial charge in [-0.1, -0.05) is 39.0 Å². The Hall–Kier alpha value is -4.34. The van der Waals surface area contributed by atoms with Crippen LogP contribution >= 0.6 is 0 Å². The molecule has 2 heterocycles. The summed E-state index contributed by atoms with van der Waals surface area (Å²) in [5.74, 6) is -0.709. The first kappa shape index (κ1) is 29.2. The molecule has 0 atom stereocenters. The Morgan fingerprint density at radius 1 is 0.923 bits per heavy atom. The number of nitrogens with zero attached hydrogens (tertiary/aromatic N) is 3. The van der Waals surface area contributed by atoms with Crippen molar-refractivity contribution < 1.29 is 26.7 Å². The highest BCUT2D eigenvalue weighted by atomic mass is 19.4. The van der Waals surface area contributed by atoms with E-state index in [0.717, 1.165) is 18.2 Å². The maximum atomic E-state index is 13.0. The second-order valence-electron chi connectivity index (χ2n) is 8.26. The van der Waals surface area contributed by atoms with Crippen LogP contribution in [-0.2, 0) is 23.8 Å². The number of hydrogen-bond donors (Lipinski definition) is 1. The van der Waals surface area contributed by atoms with Crippen molar-refractivity contribution in [3.05, 3.63) is 101 Å². The lowest BCUT2D eigenvalue weighted by atomic mass is 10.00. The standard InChI is InChI=1S/C19H13F3N4O.C8H8F2.C2H6/c20-19(21,22)14-3-1-2-11(7-14)12-4-5-15-13(6-12)8-18(27)26(15)17-10-24-9-16(23)25-17;1-2-6-3-7(9)5-8(10)4-6;1-2/h1-7,9-10H,8H2,(H2,23,25);3-5H,2H2,1H3;1-2H3. The molecule has 1 amide bonds. The van der Waals surface area contributed by atoms with Crippen LogP contribution in [0.4, 0.5) is 39.3 Å². The molecule has 0 saturated carbocycles. The van der Waals surface area contributed by atoms with Gasteiger partial charge in [0.1, 0.15) is 17.5 Å². The number of hydrogen-bond acceptors (Lipinski definition) is 4. The molecular weight excluding hydrogens is 515 g/mol. The van der Waals surface area contributed by atoms with E-state index in [0.29, 0.717) is 40.2 Å². The van der Waals surface area contributed by atoms with Gasteiger partial charge in [0.15, 0.2) is 5.82 Å². The molecule has 204 valence electrons. The summed E-state index contributed by atoms with van der Waals surface area (Å²) in [5.41, 5.74) is 7.98. The number of fused-ring (bicyclic) bond motifs is 1. The number of carbonyl (C=O) groups is 1. The van der Waals surface area contributed by atoms with Gasteiger partial charge in [-0.05, 0) is 65.1 Å². The lowest BCUT2D eigenvalue weighted by molar-refractivity contribution is -0.137. The largest absolute Gasteiger partial charge is 0.416 e. The Kier molecular flexibility index (Phi) is 9.34. The van der Waals surface area contributed by atoms with Gasteiger partial charge in [0.2, 0.25) is 5.91 Å². The van der Waals surface area contributed by atoms with Gasteiger partial charge in [-0.15, -0.1) is 0 Å². The molecule has 0 spiro atoms. The Morgan fingerprint density at radius 2 is 1.59 bits per heavy atom. The summed E-state index contributed by atoms with van der Waals surface area (Å²) in [6.07, 6.45) is -0.815. The molecule has 2 N–H and O–H groups in total. The van der Waals surface area contributed by atoms with Crippen LogP contribution in [0.1, 0.15) is 37.5 Å². The van der Waals surface area contributed by atoms with Crippen molar-refractivity contribution in [2.45, 2.75) is 39.8 Å². The Balaban J connectivity index is 0.000000294. The van der Waals surface area contributed by atoms with Crippen molar-refractivity contribution in [3.8, 4) is 11.1 Å². The minimum Gasteiger partial charge on any atom is -0.382 e. The van der Waals surface area contributed by atoms with Crippen molar-refractivity contribution in [2.75, 3.05) is 10.6 Å². The number of aromatic nitrogens is 2. The van der Waals surface area contributed by atoms with E-state index in [1.807, 2.05) is 20.8 Å². The van der Waals surface area contributed by atoms with E-state index in [1.54, 1.807) is 24.3 Å². The van der Waals surface area contributed by atoms with Crippen molar-refractivity contribution in [1.82, 2.24) is 9.97 Å². The Bertz CT molecular complexity index is 1440. The summed E-state index contributed by atoms with van der Waals surface area (Å²) >= 11 is 0. The summed E-state index contributed by atoms with van der Waals surface area (Å²) in [6, 6.07) is 13.7. The minimum absolute atomic E-state index is 0.124. The highest BCUT2D eigenvalue weighted by molar-refractivity contribution is 6.07. The first-order chi connectivity index (χ1) is 18.5. The predicted octanol–water partition coefficient (Wildman–Crippen LogP) is 7.52. The van der Waals surface area contributed by atoms with Gasteiger partial charge in [0.05, 0.1) is 30.1 Å². The van der Waals surface area contributed by atoms with Crippen LogP contribution in [0, 0.1) is 11.6 Å². The van der Waals surface area contributed by atoms with Gasteiger partial charge in [0.25, 0.3) is 0 Å². The van der Waals surface area contributed by atoms with E-state index in [9.17, 15) is 26.7 Å². The first-order valence-electron chi connectivity index (χ1n) is 12.2. The van der Waals surface area contributed by atoms with Crippen LogP contribution in [0.25, 0.3) is 11.1 Å². The lowest BCUT2D eigenvalue weighted by Gasteiger charge is -2.16. The minimum atomic E-state index is -4.41. The van der Waals surface area contributed by atoms with E-state index in [2.05, 4.69) is 9.97 Å². The summed E-state index contributed by atoms with van der Waals surface area (Å²) < 4.78 is 63.6. The normalized spacial score (nSPS) is 12.2. The monoisotopic (exact) mass is 542 g/mol. The molecule has 10 heteroatoms. The van der Waals surface area contributed by atoms with Crippen molar-refractivity contribution in [1.29, 1.82) is 0 Å². The fourth-order valence-electron chi connectivity index (χ4n) is 3.92. The average molecular weight is 543 g/mol. The maximum absolute atomic E-state index is 13.0. The number of nitrogens with two attached hydrogens (primary N) is 1. The molecule has 1 aliphatic heterocycles. The first-order valence-corrected chi connectivity index (χ1v) is 12.2. The van der Waals surface area contributed by atoms with Crippen LogP contribution in [0.15, 0.2) is 73.1 Å². The SMILES string of the molecule is CC.CCc1cc(F)cc(F)c1.Nc1cncc(N2C(=O)Cc3cc(-c4cccc(C(F)(F)F)c4)ccc32)n1. The number of anilines is 3. The molecule has 1 aromatic heterocycles. The zero-order valence-electron chi connectivity index (χ0n) is 21.6. The number of nitrogen functional groups attached to an aromatic ring is 1. The van der Waals surface area contributed by atoms with Gasteiger partial charge >= 0.3 is 6.18 Å². The van der Waals surface area contributed by atoms with Crippen LogP contribution < -0.4 is 10.6 Å². The second-order valence-corrected chi connectivity index (χ2v) is 8.26. The molecular formula is C29H27F5N4O. The van der Waals surface area contributed by atoms with Crippen LogP contribution in [0.5, 0.6) is 0 Å². The van der Waals surface area contributed by atoms with E-state index < -0.39 is 23.4 Å². The molecule has 1 aliphatic rings. The third-order valence-corrected chi connectivity index (χ3v) is 5.63. The van der Waals surface area contributed by atoms with E-state index in [1.165, 1.54) is 35.5 Å². The smallest absolute Gasteiger partial charge is 0.382 e. The second kappa shape index (κ2) is 12.5. The zero-order valence-corrected chi connectivity index (χ0v) is 21.6. The Labute approximate surface area is 223 Å². The van der Waals surface area contributed by atoms with E-state index >= 15 is 0 Å². The molecule has 0 bridgehead atoms. The van der Waals surface area contributed by atoms with Crippen molar-refractivity contribution in [3.63, 3.8) is 0 Å². The predicted molar refractivity (Wildman–Crippen MR) is 141 cm³/mol. The molecule has 3 aromatic carbocycles. The quantitative estimate of drug-likeness (QED) is 0.272. The number of benzene rings is 3. The molecule has 5 nitrogen and oxygen atoms in total. The molecule has 0 radical (unpaired) electrons. The maximum Gasteiger partial charge on any atom is 0.416 e. The van der Waals surface area contributed by atoms with Gasteiger partial charge in [-0.2, -0.15) is 13.2 Å². The molecule has 5 rings (SSSR count). The third kappa shape index (κ3) is 7.16. The number of halogens is 5. The molecule has 4 aromatic rings. The third-order valence-electron chi connectivity index (χ3n) is 5.63. The number of rotatable bonds is 3. The topological polar surface area (TPSA) is 72.1 Å². The summed E-state index contributed by atoms with van der Waals surface area (Å²) in [7, 11) is 0. The fourth-order valence-corrected chi connectivity index (χ4v) is 3.92. The van der Waals surface area contributed by atoms with E-state index in [4.69, 9.17) is 5.73 Å². The van der Waals surface area contributed by atoms with Crippen LogP contribution in [0.2, 0.25) is 0 Å². The molecule has 0 fully saturated rings. The van der Waals surface area contributed by atoms with Crippen molar-refractivity contribution >= 4 is 23.2 Å². The lowest BCUT2D eigenvalue weighted by Crippen LogP contribution is -2.22. The van der Waals surface area contributed by atoms with Gasteiger partial charge in [-0.25, -0.2) is 13.8 Å². The summed E-state index contributed by atoms with van der Waals surface area (Å²) in [5, 5.41) is 0. The molecule has 0 unspecified atom stereocenters. The summed E-state index contributed by atoms with van der Waals surface area (Å²) in [4.78, 5) is 21.9. The van der Waals surface area contributed by atoms with Crippen LogP contribution in [-0.4, -0.2) is 15.9 Å². The van der Waals surface area contributed by atoms with Gasteiger partial charge < -0.3 is 5.73 Å².